The molecule has 3 heteroatoms. The van der Waals surface area contributed by atoms with E-state index in [1.54, 1.807) is 0 Å². The molecule has 0 spiro atoms. The average molecular weight is 270 g/mol. The minimum absolute atomic E-state index is 0.373. The first kappa shape index (κ1) is 13.6. The predicted molar refractivity (Wildman–Crippen MR) is 85.6 cm³/mol. The highest BCUT2D eigenvalue weighted by molar-refractivity contribution is 7.80. The third-order valence-electron chi connectivity index (χ3n) is 2.97. The number of nitrogens with one attached hydrogen (secondary N) is 1. The number of rotatable bonds is 5. The molecule has 2 aromatic carbocycles. The molecule has 0 aliphatic rings. The molecule has 19 heavy (non-hydrogen) atoms. The zero-order chi connectivity index (χ0) is 13.7. The zero-order valence-corrected chi connectivity index (χ0v) is 11.8. The van der Waals surface area contributed by atoms with Crippen LogP contribution in [0.15, 0.2) is 54.6 Å². The van der Waals surface area contributed by atoms with Crippen LogP contribution in [0.3, 0.4) is 0 Å². The quantitative estimate of drug-likeness (QED) is 0.818. The van der Waals surface area contributed by atoms with Crippen molar-refractivity contribution in [1.29, 1.82) is 0 Å². The summed E-state index contributed by atoms with van der Waals surface area (Å²) >= 11 is 4.94. The molecule has 0 bridgehead atoms. The Balaban J connectivity index is 1.95. The maximum Gasteiger partial charge on any atom is 0.103 e. The number of hydrogen-bond acceptors (Lipinski definition) is 2. The molecule has 0 aliphatic carbocycles. The van der Waals surface area contributed by atoms with Crippen LogP contribution in [0.5, 0.6) is 0 Å². The third kappa shape index (κ3) is 4.07. The van der Waals surface area contributed by atoms with E-state index in [0.29, 0.717) is 11.0 Å². The van der Waals surface area contributed by atoms with E-state index in [4.69, 9.17) is 18.0 Å². The lowest BCUT2D eigenvalue weighted by atomic mass is 10.1. The van der Waals surface area contributed by atoms with Crippen molar-refractivity contribution in [2.75, 3.05) is 5.32 Å². The van der Waals surface area contributed by atoms with Crippen LogP contribution in [0.2, 0.25) is 0 Å². The van der Waals surface area contributed by atoms with Gasteiger partial charge in [0.1, 0.15) is 4.99 Å². The van der Waals surface area contributed by atoms with Gasteiger partial charge in [-0.1, -0.05) is 42.5 Å². The van der Waals surface area contributed by atoms with Crippen LogP contribution in [-0.4, -0.2) is 11.0 Å². The van der Waals surface area contributed by atoms with Crippen molar-refractivity contribution in [1.82, 2.24) is 0 Å². The summed E-state index contributed by atoms with van der Waals surface area (Å²) in [5, 5.41) is 3.47. The number of nitrogens with two attached hydrogens (primary N) is 1. The summed E-state index contributed by atoms with van der Waals surface area (Å²) in [6.07, 6.45) is 0.998. The molecule has 1 unspecified atom stereocenters. The van der Waals surface area contributed by atoms with Crippen LogP contribution in [0.25, 0.3) is 0 Å². The first-order valence-electron chi connectivity index (χ1n) is 6.35. The first-order chi connectivity index (χ1) is 9.15. The van der Waals surface area contributed by atoms with Crippen molar-refractivity contribution < 1.29 is 0 Å². The molecular weight excluding hydrogens is 252 g/mol. The van der Waals surface area contributed by atoms with Gasteiger partial charge in [0.25, 0.3) is 0 Å². The molecule has 3 N–H and O–H groups in total. The molecule has 2 rings (SSSR count). The Morgan fingerprint density at radius 2 is 1.74 bits per heavy atom. The minimum atomic E-state index is 0.373. The highest BCUT2D eigenvalue weighted by atomic mass is 32.1. The topological polar surface area (TPSA) is 38.0 Å². The molecule has 98 valence electrons. The van der Waals surface area contributed by atoms with Gasteiger partial charge in [-0.15, -0.1) is 0 Å². The molecule has 1 atom stereocenters. The van der Waals surface area contributed by atoms with Crippen molar-refractivity contribution in [2.24, 2.45) is 5.73 Å². The zero-order valence-electron chi connectivity index (χ0n) is 11.0. The van der Waals surface area contributed by atoms with E-state index < -0.39 is 0 Å². The number of hydrogen-bond donors (Lipinski definition) is 2. The Morgan fingerprint density at radius 1 is 1.11 bits per heavy atom. The van der Waals surface area contributed by atoms with Crippen molar-refractivity contribution in [3.63, 3.8) is 0 Å². The van der Waals surface area contributed by atoms with Crippen LogP contribution in [0, 0.1) is 0 Å². The van der Waals surface area contributed by atoms with Gasteiger partial charge in [-0.2, -0.15) is 0 Å². The first-order valence-corrected chi connectivity index (χ1v) is 6.76. The largest absolute Gasteiger partial charge is 0.389 e. The third-order valence-corrected chi connectivity index (χ3v) is 3.20. The van der Waals surface area contributed by atoms with Gasteiger partial charge >= 0.3 is 0 Å². The van der Waals surface area contributed by atoms with Gasteiger partial charge in [-0.05, 0) is 43.2 Å². The molecule has 0 amide bonds. The highest BCUT2D eigenvalue weighted by Gasteiger charge is 2.03. The summed E-state index contributed by atoms with van der Waals surface area (Å²) in [6.45, 7) is 2.18. The Bertz CT molecular complexity index is 534. The lowest BCUT2D eigenvalue weighted by Gasteiger charge is -2.15. The molecule has 2 nitrogen and oxygen atoms in total. The van der Waals surface area contributed by atoms with Crippen molar-refractivity contribution in [3.8, 4) is 0 Å². The lowest BCUT2D eigenvalue weighted by molar-refractivity contribution is 0.790. The van der Waals surface area contributed by atoms with E-state index in [-0.39, 0.29) is 0 Å². The van der Waals surface area contributed by atoms with Crippen molar-refractivity contribution >= 4 is 22.9 Å². The van der Waals surface area contributed by atoms with Crippen molar-refractivity contribution in [3.05, 3.63) is 65.7 Å². The summed E-state index contributed by atoms with van der Waals surface area (Å²) in [7, 11) is 0. The van der Waals surface area contributed by atoms with E-state index in [1.807, 2.05) is 30.3 Å². The highest BCUT2D eigenvalue weighted by Crippen LogP contribution is 2.13. The van der Waals surface area contributed by atoms with Gasteiger partial charge in [0, 0.05) is 17.3 Å². The molecule has 0 fully saturated rings. The van der Waals surface area contributed by atoms with E-state index in [0.717, 1.165) is 17.7 Å². The van der Waals surface area contributed by atoms with Gasteiger partial charge in [0.05, 0.1) is 0 Å². The van der Waals surface area contributed by atoms with Gasteiger partial charge in [-0.25, -0.2) is 0 Å². The summed E-state index contributed by atoms with van der Waals surface area (Å²) in [4.78, 5) is 0.434. The molecule has 0 aliphatic heterocycles. The summed E-state index contributed by atoms with van der Waals surface area (Å²) < 4.78 is 0. The van der Waals surface area contributed by atoms with Crippen LogP contribution in [-0.2, 0) is 6.42 Å². The molecular formula is C16H18N2S. The Labute approximate surface area is 119 Å². The second kappa shape index (κ2) is 6.34. The van der Waals surface area contributed by atoms with Crippen LogP contribution in [0.4, 0.5) is 5.69 Å². The maximum atomic E-state index is 5.58. The fraction of sp³-hybridized carbons (Fsp3) is 0.188. The van der Waals surface area contributed by atoms with E-state index in [1.165, 1.54) is 5.56 Å². The summed E-state index contributed by atoms with van der Waals surface area (Å²) in [5.74, 6) is 0. The molecule has 0 radical (unpaired) electrons. The monoisotopic (exact) mass is 270 g/mol. The number of thiocarbonyl (C=S) groups is 1. The molecule has 0 aromatic heterocycles. The Morgan fingerprint density at radius 3 is 2.32 bits per heavy atom. The number of benzene rings is 2. The van der Waals surface area contributed by atoms with Crippen LogP contribution >= 0.6 is 12.2 Å². The fourth-order valence-electron chi connectivity index (χ4n) is 2.03. The fourth-order valence-corrected chi connectivity index (χ4v) is 2.17. The Kier molecular flexibility index (Phi) is 4.53. The van der Waals surface area contributed by atoms with Crippen molar-refractivity contribution in [2.45, 2.75) is 19.4 Å². The normalized spacial score (nSPS) is 11.8. The minimum Gasteiger partial charge on any atom is -0.389 e. The Hall–Kier alpha value is -1.87. The van der Waals surface area contributed by atoms with Crippen LogP contribution in [0.1, 0.15) is 18.1 Å². The van der Waals surface area contributed by atoms with Gasteiger partial charge in [-0.3, -0.25) is 0 Å². The van der Waals surface area contributed by atoms with E-state index >= 15 is 0 Å². The lowest BCUT2D eigenvalue weighted by Crippen LogP contribution is -2.18. The van der Waals surface area contributed by atoms with Gasteiger partial charge < -0.3 is 11.1 Å². The second-order valence-electron chi connectivity index (χ2n) is 4.68. The SMILES string of the molecule is CC(Cc1ccccc1)Nc1ccc(C(N)=S)cc1. The van der Waals surface area contributed by atoms with Gasteiger partial charge in [0.2, 0.25) is 0 Å². The average Bonchev–Trinajstić information content (AvgIpc) is 2.40. The van der Waals surface area contributed by atoms with Gasteiger partial charge in [0.15, 0.2) is 0 Å². The smallest absolute Gasteiger partial charge is 0.103 e. The second-order valence-corrected chi connectivity index (χ2v) is 5.12. The number of anilines is 1. The predicted octanol–water partition coefficient (Wildman–Crippen LogP) is 3.36. The molecule has 0 saturated carbocycles. The molecule has 2 aromatic rings. The summed E-state index contributed by atoms with van der Waals surface area (Å²) in [6, 6.07) is 18.8. The standard InChI is InChI=1S/C16H18N2S/c1-12(11-13-5-3-2-4-6-13)18-15-9-7-14(8-10-15)16(17)19/h2-10,12,18H,11H2,1H3,(H2,17,19). The van der Waals surface area contributed by atoms with Crippen LogP contribution < -0.4 is 11.1 Å². The molecule has 0 saturated heterocycles. The maximum absolute atomic E-state index is 5.58. The van der Waals surface area contributed by atoms with E-state index in [2.05, 4.69) is 36.5 Å². The summed E-state index contributed by atoms with van der Waals surface area (Å²) in [5.41, 5.74) is 8.90. The van der Waals surface area contributed by atoms with E-state index in [9.17, 15) is 0 Å². The molecule has 0 heterocycles.